The highest BCUT2D eigenvalue weighted by Gasteiger charge is 2.30. The zero-order valence-corrected chi connectivity index (χ0v) is 7.90. The van der Waals surface area contributed by atoms with E-state index in [-0.39, 0.29) is 5.92 Å². The van der Waals surface area contributed by atoms with Crippen LogP contribution in [0.4, 0.5) is 4.39 Å². The molecule has 0 bridgehead atoms. The van der Waals surface area contributed by atoms with Crippen LogP contribution in [0.25, 0.3) is 0 Å². The number of hydrogen-bond donors (Lipinski definition) is 0. The molecule has 1 aliphatic carbocycles. The standard InChI is InChI=1S/C10H17FO/c1-10(2,11)8-4-3-5-9(12)7-6-8/h8H,3-7H2,1-2H3. The molecule has 0 aromatic heterocycles. The molecular formula is C10H17FO. The Bertz CT molecular complexity index is 169. The Morgan fingerprint density at radius 1 is 1.33 bits per heavy atom. The number of ketones is 1. The molecule has 0 aromatic rings. The Morgan fingerprint density at radius 2 is 2.00 bits per heavy atom. The molecule has 1 saturated carbocycles. The third-order valence-corrected chi connectivity index (χ3v) is 2.75. The average molecular weight is 172 g/mol. The fraction of sp³-hybridized carbons (Fsp3) is 0.900. The van der Waals surface area contributed by atoms with Crippen molar-refractivity contribution >= 4 is 5.78 Å². The molecule has 0 radical (unpaired) electrons. The topological polar surface area (TPSA) is 17.1 Å². The minimum atomic E-state index is -1.11. The van der Waals surface area contributed by atoms with E-state index in [1.807, 2.05) is 0 Å². The molecule has 0 amide bonds. The minimum Gasteiger partial charge on any atom is -0.300 e. The number of halogens is 1. The van der Waals surface area contributed by atoms with Gasteiger partial charge in [0.2, 0.25) is 0 Å². The van der Waals surface area contributed by atoms with Gasteiger partial charge in [0.1, 0.15) is 11.5 Å². The van der Waals surface area contributed by atoms with Crippen LogP contribution >= 0.6 is 0 Å². The van der Waals surface area contributed by atoms with Crippen molar-refractivity contribution in [1.82, 2.24) is 0 Å². The van der Waals surface area contributed by atoms with Gasteiger partial charge in [0.25, 0.3) is 0 Å². The van der Waals surface area contributed by atoms with E-state index in [2.05, 4.69) is 0 Å². The molecule has 1 aliphatic rings. The second-order valence-corrected chi connectivity index (χ2v) is 4.23. The SMILES string of the molecule is CC(C)(F)C1CCCC(=O)CC1. The Hall–Kier alpha value is -0.400. The van der Waals surface area contributed by atoms with Gasteiger partial charge in [-0.25, -0.2) is 4.39 Å². The highest BCUT2D eigenvalue weighted by Crippen LogP contribution is 2.32. The van der Waals surface area contributed by atoms with E-state index in [1.165, 1.54) is 0 Å². The molecule has 0 N–H and O–H groups in total. The average Bonchev–Trinajstić information content (AvgIpc) is 2.11. The maximum Gasteiger partial charge on any atom is 0.132 e. The highest BCUT2D eigenvalue weighted by atomic mass is 19.1. The minimum absolute atomic E-state index is 0.0870. The van der Waals surface area contributed by atoms with E-state index in [9.17, 15) is 9.18 Å². The monoisotopic (exact) mass is 172 g/mol. The summed E-state index contributed by atoms with van der Waals surface area (Å²) >= 11 is 0. The van der Waals surface area contributed by atoms with Crippen LogP contribution in [0.3, 0.4) is 0 Å². The van der Waals surface area contributed by atoms with E-state index >= 15 is 0 Å². The third kappa shape index (κ3) is 2.58. The lowest BCUT2D eigenvalue weighted by Gasteiger charge is -2.25. The lowest BCUT2D eigenvalue weighted by molar-refractivity contribution is -0.119. The summed E-state index contributed by atoms with van der Waals surface area (Å²) < 4.78 is 13.5. The Morgan fingerprint density at radius 3 is 2.58 bits per heavy atom. The van der Waals surface area contributed by atoms with Crippen LogP contribution in [0, 0.1) is 5.92 Å². The summed E-state index contributed by atoms with van der Waals surface area (Å²) in [4.78, 5) is 11.0. The first-order valence-corrected chi connectivity index (χ1v) is 4.71. The fourth-order valence-electron chi connectivity index (χ4n) is 1.84. The predicted octanol–water partition coefficient (Wildman–Crippen LogP) is 2.88. The van der Waals surface area contributed by atoms with Crippen LogP contribution in [0.5, 0.6) is 0 Å². The van der Waals surface area contributed by atoms with Gasteiger partial charge in [-0.1, -0.05) is 0 Å². The van der Waals surface area contributed by atoms with Crippen molar-refractivity contribution in [1.29, 1.82) is 0 Å². The zero-order chi connectivity index (χ0) is 9.19. The fourth-order valence-corrected chi connectivity index (χ4v) is 1.84. The zero-order valence-electron chi connectivity index (χ0n) is 7.90. The molecule has 1 unspecified atom stereocenters. The van der Waals surface area contributed by atoms with E-state index in [0.717, 1.165) is 19.3 Å². The summed E-state index contributed by atoms with van der Waals surface area (Å²) in [6, 6.07) is 0. The van der Waals surface area contributed by atoms with E-state index in [0.29, 0.717) is 18.6 Å². The lowest BCUT2D eigenvalue weighted by Crippen LogP contribution is -2.25. The summed E-state index contributed by atoms with van der Waals surface area (Å²) in [5.74, 6) is 0.394. The maximum atomic E-state index is 13.5. The summed E-state index contributed by atoms with van der Waals surface area (Å²) in [7, 11) is 0. The first kappa shape index (κ1) is 9.69. The first-order valence-electron chi connectivity index (χ1n) is 4.71. The van der Waals surface area contributed by atoms with Crippen molar-refractivity contribution in [2.75, 3.05) is 0 Å². The maximum absolute atomic E-state index is 13.5. The van der Waals surface area contributed by atoms with Gasteiger partial charge in [-0.3, -0.25) is 4.79 Å². The number of carbonyl (C=O) groups excluding carboxylic acids is 1. The molecule has 1 atom stereocenters. The third-order valence-electron chi connectivity index (χ3n) is 2.75. The van der Waals surface area contributed by atoms with Gasteiger partial charge >= 0.3 is 0 Å². The van der Waals surface area contributed by atoms with Crippen LogP contribution in [-0.4, -0.2) is 11.5 Å². The van der Waals surface area contributed by atoms with Crippen molar-refractivity contribution in [3.8, 4) is 0 Å². The molecule has 0 saturated heterocycles. The summed E-state index contributed by atoms with van der Waals surface area (Å²) in [5.41, 5.74) is -1.11. The normalized spacial score (nSPS) is 26.9. The smallest absolute Gasteiger partial charge is 0.132 e. The van der Waals surface area contributed by atoms with E-state index in [1.54, 1.807) is 13.8 Å². The summed E-state index contributed by atoms with van der Waals surface area (Å²) in [5, 5.41) is 0. The van der Waals surface area contributed by atoms with Gasteiger partial charge in [-0.2, -0.15) is 0 Å². The van der Waals surface area contributed by atoms with Crippen LogP contribution in [0.2, 0.25) is 0 Å². The van der Waals surface area contributed by atoms with Gasteiger partial charge in [-0.15, -0.1) is 0 Å². The number of alkyl halides is 1. The van der Waals surface area contributed by atoms with Gasteiger partial charge in [0.15, 0.2) is 0 Å². The molecule has 0 heterocycles. The van der Waals surface area contributed by atoms with Crippen LogP contribution in [0.1, 0.15) is 46.0 Å². The Labute approximate surface area is 73.3 Å². The first-order chi connectivity index (χ1) is 5.50. The number of Topliss-reactive ketones (excluding diaryl/α,β-unsaturated/α-hetero) is 1. The molecule has 1 rings (SSSR count). The summed E-state index contributed by atoms with van der Waals surface area (Å²) in [6.45, 7) is 3.24. The quantitative estimate of drug-likeness (QED) is 0.556. The van der Waals surface area contributed by atoms with Crippen LogP contribution < -0.4 is 0 Å². The second kappa shape index (κ2) is 3.55. The Kier molecular flexibility index (Phi) is 2.86. The Balaban J connectivity index is 2.52. The number of hydrogen-bond acceptors (Lipinski definition) is 1. The van der Waals surface area contributed by atoms with E-state index in [4.69, 9.17) is 0 Å². The van der Waals surface area contributed by atoms with Crippen molar-refractivity contribution in [2.45, 2.75) is 51.6 Å². The molecule has 1 fully saturated rings. The van der Waals surface area contributed by atoms with Gasteiger partial charge in [0, 0.05) is 12.8 Å². The number of carbonyl (C=O) groups is 1. The van der Waals surface area contributed by atoms with Gasteiger partial charge < -0.3 is 0 Å². The van der Waals surface area contributed by atoms with Crippen molar-refractivity contribution in [3.05, 3.63) is 0 Å². The molecule has 0 aromatic carbocycles. The predicted molar refractivity (Wildman–Crippen MR) is 46.8 cm³/mol. The highest BCUT2D eigenvalue weighted by molar-refractivity contribution is 5.78. The van der Waals surface area contributed by atoms with Crippen LogP contribution in [-0.2, 0) is 4.79 Å². The lowest BCUT2D eigenvalue weighted by atomic mass is 9.86. The van der Waals surface area contributed by atoms with Crippen molar-refractivity contribution < 1.29 is 9.18 Å². The molecule has 70 valence electrons. The molecule has 0 aliphatic heterocycles. The summed E-state index contributed by atoms with van der Waals surface area (Å²) in [6.07, 6.45) is 3.72. The molecule has 2 heteroatoms. The molecule has 12 heavy (non-hydrogen) atoms. The second-order valence-electron chi connectivity index (χ2n) is 4.23. The van der Waals surface area contributed by atoms with Crippen LogP contribution in [0.15, 0.2) is 0 Å². The molecule has 0 spiro atoms. The van der Waals surface area contributed by atoms with Gasteiger partial charge in [-0.05, 0) is 39.0 Å². The molecular weight excluding hydrogens is 155 g/mol. The van der Waals surface area contributed by atoms with E-state index < -0.39 is 5.67 Å². The van der Waals surface area contributed by atoms with Crippen molar-refractivity contribution in [3.63, 3.8) is 0 Å². The van der Waals surface area contributed by atoms with Crippen molar-refractivity contribution in [2.24, 2.45) is 5.92 Å². The largest absolute Gasteiger partial charge is 0.300 e. The van der Waals surface area contributed by atoms with Gasteiger partial charge in [0.05, 0.1) is 0 Å². The molecule has 1 nitrogen and oxygen atoms in total. The number of rotatable bonds is 1.